The lowest BCUT2D eigenvalue weighted by molar-refractivity contribution is 0.114. The number of fused-ring (bicyclic) bond motifs is 1. The van der Waals surface area contributed by atoms with Crippen LogP contribution in [0.4, 0.5) is 0 Å². The van der Waals surface area contributed by atoms with Crippen LogP contribution in [-0.2, 0) is 0 Å². The van der Waals surface area contributed by atoms with Gasteiger partial charge in [-0.15, -0.1) is 0 Å². The second-order valence-electron chi connectivity index (χ2n) is 6.05. The third-order valence-electron chi connectivity index (χ3n) is 4.73. The predicted octanol–water partition coefficient (Wildman–Crippen LogP) is 3.62. The summed E-state index contributed by atoms with van der Waals surface area (Å²) in [5.74, 6) is 0. The summed E-state index contributed by atoms with van der Waals surface area (Å²) < 4.78 is 0. The van der Waals surface area contributed by atoms with Crippen LogP contribution in [0.1, 0.15) is 38.8 Å². The van der Waals surface area contributed by atoms with Crippen molar-refractivity contribution in [3.63, 3.8) is 0 Å². The molecule has 3 nitrogen and oxygen atoms in total. The Balaban J connectivity index is 2.49. The molecule has 21 heavy (non-hydrogen) atoms. The highest BCUT2D eigenvalue weighted by Gasteiger charge is 2.35. The molecule has 1 heterocycles. The second kappa shape index (κ2) is 6.54. The molecule has 0 spiro atoms. The minimum Gasteiger partial charge on any atom is -0.309 e. The van der Waals surface area contributed by atoms with Crippen molar-refractivity contribution < 1.29 is 0 Å². The van der Waals surface area contributed by atoms with Crippen LogP contribution in [0.3, 0.4) is 0 Å². The van der Waals surface area contributed by atoms with Gasteiger partial charge in [-0.2, -0.15) is 0 Å². The number of nitrogens with one attached hydrogen (secondary N) is 1. The summed E-state index contributed by atoms with van der Waals surface area (Å²) in [4.78, 5) is 6.74. The first-order chi connectivity index (χ1) is 10.0. The Hall–Kier alpha value is -1.45. The van der Waals surface area contributed by atoms with Crippen molar-refractivity contribution in [1.29, 1.82) is 0 Å². The highest BCUT2D eigenvalue weighted by atomic mass is 15.2. The number of likely N-dealkylation sites (N-methyl/N-ethyl adjacent to an activating group) is 2. The summed E-state index contributed by atoms with van der Waals surface area (Å²) in [6.45, 7) is 7.71. The Morgan fingerprint density at radius 1 is 1.24 bits per heavy atom. The van der Waals surface area contributed by atoms with E-state index in [1.165, 1.54) is 10.9 Å². The third-order valence-corrected chi connectivity index (χ3v) is 4.73. The van der Waals surface area contributed by atoms with E-state index in [0.29, 0.717) is 6.04 Å². The van der Waals surface area contributed by atoms with E-state index in [4.69, 9.17) is 0 Å². The van der Waals surface area contributed by atoms with Crippen molar-refractivity contribution in [3.05, 3.63) is 42.1 Å². The van der Waals surface area contributed by atoms with Gasteiger partial charge in [-0.1, -0.05) is 26.0 Å². The topological polar surface area (TPSA) is 28.2 Å². The lowest BCUT2D eigenvalue weighted by atomic mass is 9.83. The molecule has 1 N–H and O–H groups in total. The molecule has 0 radical (unpaired) electrons. The van der Waals surface area contributed by atoms with E-state index >= 15 is 0 Å². The van der Waals surface area contributed by atoms with Crippen molar-refractivity contribution in [2.24, 2.45) is 0 Å². The average Bonchev–Trinajstić information content (AvgIpc) is 2.51. The molecule has 0 fully saturated rings. The molecule has 0 bridgehead atoms. The fraction of sp³-hybridized carbons (Fsp3) is 0.500. The first-order valence-corrected chi connectivity index (χ1v) is 7.78. The Morgan fingerprint density at radius 3 is 2.62 bits per heavy atom. The molecule has 1 aromatic carbocycles. The molecule has 0 amide bonds. The van der Waals surface area contributed by atoms with Gasteiger partial charge >= 0.3 is 0 Å². The normalized spacial score (nSPS) is 16.1. The van der Waals surface area contributed by atoms with Gasteiger partial charge in [0.2, 0.25) is 0 Å². The zero-order chi connectivity index (χ0) is 15.5. The monoisotopic (exact) mass is 285 g/mol. The second-order valence-corrected chi connectivity index (χ2v) is 6.05. The molecule has 2 aromatic rings. The lowest BCUT2D eigenvalue weighted by Gasteiger charge is -2.43. The summed E-state index contributed by atoms with van der Waals surface area (Å²) in [6.07, 6.45) is 2.93. The minimum atomic E-state index is 0.0753. The van der Waals surface area contributed by atoms with Gasteiger partial charge in [0, 0.05) is 17.1 Å². The summed E-state index contributed by atoms with van der Waals surface area (Å²) in [5, 5.41) is 4.88. The fourth-order valence-electron chi connectivity index (χ4n) is 2.95. The van der Waals surface area contributed by atoms with E-state index in [2.05, 4.69) is 74.3 Å². The van der Waals surface area contributed by atoms with Crippen molar-refractivity contribution in [3.8, 4) is 0 Å². The van der Waals surface area contributed by atoms with Crippen LogP contribution in [0, 0.1) is 0 Å². The Morgan fingerprint density at radius 2 is 2.00 bits per heavy atom. The highest BCUT2D eigenvalue weighted by molar-refractivity contribution is 5.79. The van der Waals surface area contributed by atoms with Crippen LogP contribution in [-0.4, -0.2) is 36.1 Å². The van der Waals surface area contributed by atoms with E-state index in [1.54, 1.807) is 0 Å². The Kier molecular flexibility index (Phi) is 4.96. The van der Waals surface area contributed by atoms with Crippen molar-refractivity contribution in [2.45, 2.75) is 38.8 Å². The van der Waals surface area contributed by atoms with Gasteiger partial charge in [0.15, 0.2) is 0 Å². The summed E-state index contributed by atoms with van der Waals surface area (Å²) in [6, 6.07) is 11.0. The molecule has 0 saturated carbocycles. The number of aromatic nitrogens is 1. The first-order valence-electron chi connectivity index (χ1n) is 7.78. The van der Waals surface area contributed by atoms with Crippen LogP contribution >= 0.6 is 0 Å². The van der Waals surface area contributed by atoms with Gasteiger partial charge in [0.1, 0.15) is 0 Å². The van der Waals surface area contributed by atoms with E-state index in [0.717, 1.165) is 18.5 Å². The molecular formula is C18H27N3. The summed E-state index contributed by atoms with van der Waals surface area (Å²) in [5.41, 5.74) is 2.46. The van der Waals surface area contributed by atoms with Crippen LogP contribution in [0.25, 0.3) is 10.9 Å². The number of pyridine rings is 1. The maximum atomic E-state index is 4.41. The predicted molar refractivity (Wildman–Crippen MR) is 90.5 cm³/mol. The van der Waals surface area contributed by atoms with Gasteiger partial charge in [0.05, 0.1) is 11.6 Å². The Bertz CT molecular complexity index is 594. The fourth-order valence-corrected chi connectivity index (χ4v) is 2.95. The summed E-state index contributed by atoms with van der Waals surface area (Å²) in [7, 11) is 4.33. The molecular weight excluding hydrogens is 258 g/mol. The molecule has 3 heteroatoms. The van der Waals surface area contributed by atoms with Gasteiger partial charge in [0.25, 0.3) is 0 Å². The zero-order valence-electron chi connectivity index (χ0n) is 13.9. The summed E-state index contributed by atoms with van der Waals surface area (Å²) >= 11 is 0. The molecule has 2 atom stereocenters. The number of hydrogen-bond acceptors (Lipinski definition) is 3. The van der Waals surface area contributed by atoms with E-state index in [1.807, 2.05) is 12.3 Å². The van der Waals surface area contributed by atoms with Crippen LogP contribution in [0.15, 0.2) is 36.5 Å². The van der Waals surface area contributed by atoms with Crippen LogP contribution in [0.2, 0.25) is 0 Å². The minimum absolute atomic E-state index is 0.0753. The zero-order valence-corrected chi connectivity index (χ0v) is 13.9. The number of rotatable bonds is 6. The van der Waals surface area contributed by atoms with Crippen molar-refractivity contribution >= 4 is 10.9 Å². The van der Waals surface area contributed by atoms with Crippen LogP contribution in [0.5, 0.6) is 0 Å². The molecule has 1 aromatic heterocycles. The maximum Gasteiger partial charge on any atom is 0.0702 e. The van der Waals surface area contributed by atoms with Gasteiger partial charge in [-0.3, -0.25) is 4.98 Å². The SMILES string of the molecule is CCNC(c1ccc2ncccc2c1)C(C)(CC)N(C)C. The maximum absolute atomic E-state index is 4.41. The van der Waals surface area contributed by atoms with Gasteiger partial charge in [-0.05, 0) is 57.7 Å². The van der Waals surface area contributed by atoms with Crippen molar-refractivity contribution in [1.82, 2.24) is 15.2 Å². The molecule has 114 valence electrons. The largest absolute Gasteiger partial charge is 0.309 e. The first kappa shape index (κ1) is 15.9. The highest BCUT2D eigenvalue weighted by Crippen LogP contribution is 2.33. The average molecular weight is 285 g/mol. The molecule has 2 unspecified atom stereocenters. The quantitative estimate of drug-likeness (QED) is 0.878. The molecule has 0 saturated heterocycles. The molecule has 0 aliphatic heterocycles. The van der Waals surface area contributed by atoms with Crippen LogP contribution < -0.4 is 5.32 Å². The smallest absolute Gasteiger partial charge is 0.0702 e. The van der Waals surface area contributed by atoms with E-state index < -0.39 is 0 Å². The third kappa shape index (κ3) is 3.09. The van der Waals surface area contributed by atoms with Gasteiger partial charge in [-0.25, -0.2) is 0 Å². The van der Waals surface area contributed by atoms with Crippen molar-refractivity contribution in [2.75, 3.05) is 20.6 Å². The molecule has 0 aliphatic rings. The standard InChI is InChI=1S/C18H27N3/c1-6-18(3,21(4)5)17(19-7-2)15-10-11-16-14(13-15)9-8-12-20-16/h8-13,17,19H,6-7H2,1-5H3. The van der Waals surface area contributed by atoms with E-state index in [9.17, 15) is 0 Å². The number of benzene rings is 1. The lowest BCUT2D eigenvalue weighted by Crippen LogP contribution is -2.51. The molecule has 0 aliphatic carbocycles. The van der Waals surface area contributed by atoms with Gasteiger partial charge < -0.3 is 10.2 Å². The Labute approximate surface area is 128 Å². The molecule has 2 rings (SSSR count). The van der Waals surface area contributed by atoms with E-state index in [-0.39, 0.29) is 5.54 Å². The number of nitrogens with zero attached hydrogens (tertiary/aromatic N) is 2. The number of hydrogen-bond donors (Lipinski definition) is 1.